The van der Waals surface area contributed by atoms with Gasteiger partial charge in [0.15, 0.2) is 0 Å². The van der Waals surface area contributed by atoms with Gasteiger partial charge in [0.25, 0.3) is 5.22 Å². The SMILES string of the molecule is CNCc1ccc(Sc2ncco2)cc1C(F)(F)F. The van der Waals surface area contributed by atoms with Crippen LogP contribution in [0.2, 0.25) is 0 Å². The van der Waals surface area contributed by atoms with Crippen LogP contribution < -0.4 is 5.32 Å². The normalized spacial score (nSPS) is 11.8. The third-order valence-electron chi connectivity index (χ3n) is 2.37. The third kappa shape index (κ3) is 3.51. The van der Waals surface area contributed by atoms with Crippen LogP contribution >= 0.6 is 11.8 Å². The average Bonchev–Trinajstić information content (AvgIpc) is 2.83. The van der Waals surface area contributed by atoms with E-state index in [-0.39, 0.29) is 12.1 Å². The van der Waals surface area contributed by atoms with E-state index in [2.05, 4.69) is 10.3 Å². The molecule has 0 radical (unpaired) electrons. The highest BCUT2D eigenvalue weighted by Crippen LogP contribution is 2.36. The molecule has 0 atom stereocenters. The Hall–Kier alpha value is -1.47. The van der Waals surface area contributed by atoms with Crippen LogP contribution in [0.15, 0.2) is 45.2 Å². The fourth-order valence-corrected chi connectivity index (χ4v) is 2.32. The summed E-state index contributed by atoms with van der Waals surface area (Å²) in [6, 6.07) is 4.20. The van der Waals surface area contributed by atoms with E-state index in [0.717, 1.165) is 17.8 Å². The van der Waals surface area contributed by atoms with E-state index in [1.54, 1.807) is 13.1 Å². The van der Waals surface area contributed by atoms with E-state index in [9.17, 15) is 13.2 Å². The maximum atomic E-state index is 13.0. The number of oxazole rings is 1. The average molecular weight is 288 g/mol. The van der Waals surface area contributed by atoms with Gasteiger partial charge < -0.3 is 9.73 Å². The molecule has 0 aliphatic carbocycles. The van der Waals surface area contributed by atoms with Gasteiger partial charge in [0.05, 0.1) is 11.8 Å². The predicted octanol–water partition coefficient (Wildman–Crippen LogP) is 3.56. The molecule has 0 saturated carbocycles. The first-order chi connectivity index (χ1) is 9.00. The molecule has 2 rings (SSSR count). The van der Waals surface area contributed by atoms with Crippen LogP contribution in [0.25, 0.3) is 0 Å². The van der Waals surface area contributed by atoms with Crippen molar-refractivity contribution in [2.45, 2.75) is 22.8 Å². The molecule has 0 aliphatic rings. The molecule has 102 valence electrons. The standard InChI is InChI=1S/C12H11F3N2OS/c1-16-7-8-2-3-9(6-10(8)12(13,14)15)19-11-17-4-5-18-11/h2-6,16H,7H2,1H3. The monoisotopic (exact) mass is 288 g/mol. The van der Waals surface area contributed by atoms with Crippen LogP contribution in [0.5, 0.6) is 0 Å². The molecule has 7 heteroatoms. The maximum Gasteiger partial charge on any atom is 0.416 e. The van der Waals surface area contributed by atoms with Crippen molar-refractivity contribution in [1.29, 1.82) is 0 Å². The number of nitrogens with zero attached hydrogens (tertiary/aromatic N) is 1. The van der Waals surface area contributed by atoms with Gasteiger partial charge in [0.2, 0.25) is 0 Å². The van der Waals surface area contributed by atoms with Crippen LogP contribution in [-0.4, -0.2) is 12.0 Å². The van der Waals surface area contributed by atoms with Crippen molar-refractivity contribution >= 4 is 11.8 Å². The fourth-order valence-electron chi connectivity index (χ4n) is 1.59. The van der Waals surface area contributed by atoms with Gasteiger partial charge in [-0.1, -0.05) is 6.07 Å². The summed E-state index contributed by atoms with van der Waals surface area (Å²) < 4.78 is 43.9. The van der Waals surface area contributed by atoms with E-state index in [0.29, 0.717) is 10.1 Å². The van der Waals surface area contributed by atoms with Crippen molar-refractivity contribution in [2.24, 2.45) is 0 Å². The summed E-state index contributed by atoms with van der Waals surface area (Å²) >= 11 is 1.05. The molecule has 0 bridgehead atoms. The van der Waals surface area contributed by atoms with Crippen molar-refractivity contribution in [1.82, 2.24) is 10.3 Å². The second-order valence-electron chi connectivity index (χ2n) is 3.75. The van der Waals surface area contributed by atoms with Crippen LogP contribution in [-0.2, 0) is 12.7 Å². The van der Waals surface area contributed by atoms with E-state index < -0.39 is 11.7 Å². The van der Waals surface area contributed by atoms with Crippen LogP contribution in [0.1, 0.15) is 11.1 Å². The number of aromatic nitrogens is 1. The predicted molar refractivity (Wildman–Crippen MR) is 64.8 cm³/mol. The Morgan fingerprint density at radius 3 is 2.74 bits per heavy atom. The van der Waals surface area contributed by atoms with Crippen molar-refractivity contribution in [3.8, 4) is 0 Å². The third-order valence-corrected chi connectivity index (χ3v) is 3.23. The molecule has 0 saturated heterocycles. The lowest BCUT2D eigenvalue weighted by Crippen LogP contribution is -2.14. The fraction of sp³-hybridized carbons (Fsp3) is 0.250. The second-order valence-corrected chi connectivity index (χ2v) is 4.77. The summed E-state index contributed by atoms with van der Waals surface area (Å²) in [5, 5.41) is 3.04. The molecule has 1 aromatic carbocycles. The number of benzene rings is 1. The summed E-state index contributed by atoms with van der Waals surface area (Å²) in [6.07, 6.45) is -1.55. The van der Waals surface area contributed by atoms with Crippen LogP contribution in [0.4, 0.5) is 13.2 Å². The minimum absolute atomic E-state index is 0.165. The van der Waals surface area contributed by atoms with Gasteiger partial charge >= 0.3 is 6.18 Å². The molecule has 1 heterocycles. The highest BCUT2D eigenvalue weighted by molar-refractivity contribution is 7.99. The summed E-state index contributed by atoms with van der Waals surface area (Å²) in [7, 11) is 1.61. The molecular formula is C12H11F3N2OS. The number of nitrogens with one attached hydrogen (secondary N) is 1. The van der Waals surface area contributed by atoms with Gasteiger partial charge in [-0.3, -0.25) is 0 Å². The zero-order valence-electron chi connectivity index (χ0n) is 9.99. The Kier molecular flexibility index (Phi) is 4.16. The zero-order chi connectivity index (χ0) is 13.9. The van der Waals surface area contributed by atoms with Crippen molar-refractivity contribution < 1.29 is 17.6 Å². The van der Waals surface area contributed by atoms with Crippen molar-refractivity contribution in [3.63, 3.8) is 0 Å². The van der Waals surface area contributed by atoms with Crippen LogP contribution in [0, 0.1) is 0 Å². The van der Waals surface area contributed by atoms with Gasteiger partial charge in [0.1, 0.15) is 6.26 Å². The molecule has 19 heavy (non-hydrogen) atoms. The molecule has 2 aromatic rings. The molecule has 3 nitrogen and oxygen atoms in total. The van der Waals surface area contributed by atoms with Gasteiger partial charge in [0, 0.05) is 11.4 Å². The minimum Gasteiger partial charge on any atom is -0.440 e. The second kappa shape index (κ2) is 5.66. The number of hydrogen-bond acceptors (Lipinski definition) is 4. The van der Waals surface area contributed by atoms with E-state index in [1.165, 1.54) is 18.5 Å². The van der Waals surface area contributed by atoms with E-state index in [4.69, 9.17) is 4.42 Å². The molecule has 0 fully saturated rings. The van der Waals surface area contributed by atoms with Gasteiger partial charge in [-0.15, -0.1) is 0 Å². The summed E-state index contributed by atoms with van der Waals surface area (Å²) in [5.74, 6) is 0. The first kappa shape index (κ1) is 14.0. The van der Waals surface area contributed by atoms with E-state index in [1.807, 2.05) is 0 Å². The van der Waals surface area contributed by atoms with Gasteiger partial charge in [-0.2, -0.15) is 13.2 Å². The quantitative estimate of drug-likeness (QED) is 0.933. The Labute approximate surface area is 112 Å². The Bertz CT molecular complexity index is 540. The topological polar surface area (TPSA) is 38.1 Å². The van der Waals surface area contributed by atoms with Crippen molar-refractivity contribution in [3.05, 3.63) is 41.8 Å². The smallest absolute Gasteiger partial charge is 0.416 e. The molecule has 0 spiro atoms. The summed E-state index contributed by atoms with van der Waals surface area (Å²) in [4.78, 5) is 4.30. The zero-order valence-corrected chi connectivity index (χ0v) is 10.8. The highest BCUT2D eigenvalue weighted by Gasteiger charge is 2.33. The molecule has 1 N–H and O–H groups in total. The Morgan fingerprint density at radius 2 is 2.16 bits per heavy atom. The molecule has 1 aromatic heterocycles. The number of rotatable bonds is 4. The number of halogens is 3. The van der Waals surface area contributed by atoms with Crippen molar-refractivity contribution in [2.75, 3.05) is 7.05 Å². The lowest BCUT2D eigenvalue weighted by molar-refractivity contribution is -0.138. The van der Waals surface area contributed by atoms with Crippen LogP contribution in [0.3, 0.4) is 0 Å². The lowest BCUT2D eigenvalue weighted by atomic mass is 10.1. The largest absolute Gasteiger partial charge is 0.440 e. The summed E-state index contributed by atoms with van der Waals surface area (Å²) in [5.41, 5.74) is -0.426. The molecular weight excluding hydrogens is 277 g/mol. The molecule has 0 aliphatic heterocycles. The first-order valence-electron chi connectivity index (χ1n) is 5.43. The minimum atomic E-state index is -4.38. The number of alkyl halides is 3. The Balaban J connectivity index is 2.32. The van der Waals surface area contributed by atoms with E-state index >= 15 is 0 Å². The van der Waals surface area contributed by atoms with Gasteiger partial charge in [-0.05, 0) is 36.5 Å². The molecule has 0 unspecified atom stereocenters. The Morgan fingerprint density at radius 1 is 1.37 bits per heavy atom. The molecule has 0 amide bonds. The lowest BCUT2D eigenvalue weighted by Gasteiger charge is -2.13. The number of hydrogen-bond donors (Lipinski definition) is 1. The maximum absolute atomic E-state index is 13.0. The summed E-state index contributed by atoms with van der Waals surface area (Å²) in [6.45, 7) is 0.165. The first-order valence-corrected chi connectivity index (χ1v) is 6.24. The van der Waals surface area contributed by atoms with Gasteiger partial charge in [-0.25, -0.2) is 4.98 Å². The highest BCUT2D eigenvalue weighted by atomic mass is 32.2.